The predicted octanol–water partition coefficient (Wildman–Crippen LogP) is 2.82. The average Bonchev–Trinajstić information content (AvgIpc) is 2.52. The number of amides is 1. The summed E-state index contributed by atoms with van der Waals surface area (Å²) in [6.45, 7) is 0. The Morgan fingerprint density at radius 3 is 2.68 bits per heavy atom. The summed E-state index contributed by atoms with van der Waals surface area (Å²) in [7, 11) is 0. The Kier molecular flexibility index (Phi) is 3.74. The molecule has 0 aliphatic carbocycles. The fraction of sp³-hybridized carbons (Fsp3) is 0.111. The first-order valence-corrected chi connectivity index (χ1v) is 7.09. The smallest absolute Gasteiger partial charge is 0.252 e. The van der Waals surface area contributed by atoms with Gasteiger partial charge >= 0.3 is 0 Å². The lowest BCUT2D eigenvalue weighted by atomic mass is 10.0. The third-order valence-electron chi connectivity index (χ3n) is 3.73. The molecule has 0 bridgehead atoms. The van der Waals surface area contributed by atoms with Gasteiger partial charge in [-0.3, -0.25) is 9.78 Å². The summed E-state index contributed by atoms with van der Waals surface area (Å²) in [4.78, 5) is 15.6. The monoisotopic (exact) mass is 292 g/mol. The standard InChI is InChI=1S/C18H16N2O2/c19-18(22)15-9-7-12(11-16(15)21)6-8-14-4-1-3-13-5-2-10-20-17(13)14/h1-5,7,9-11,21H,6,8H2,(H2,19,22). The van der Waals surface area contributed by atoms with E-state index in [1.165, 1.54) is 0 Å². The maximum Gasteiger partial charge on any atom is 0.252 e. The van der Waals surface area contributed by atoms with Gasteiger partial charge in [0.15, 0.2) is 0 Å². The van der Waals surface area contributed by atoms with Crippen LogP contribution >= 0.6 is 0 Å². The summed E-state index contributed by atoms with van der Waals surface area (Å²) in [5.41, 5.74) is 8.45. The molecule has 110 valence electrons. The van der Waals surface area contributed by atoms with Gasteiger partial charge in [-0.05, 0) is 42.2 Å². The van der Waals surface area contributed by atoms with Crippen molar-refractivity contribution < 1.29 is 9.90 Å². The number of aryl methyl sites for hydroxylation is 2. The van der Waals surface area contributed by atoms with Gasteiger partial charge in [0.2, 0.25) is 0 Å². The van der Waals surface area contributed by atoms with Crippen molar-refractivity contribution in [3.8, 4) is 5.75 Å². The van der Waals surface area contributed by atoms with E-state index in [1.807, 2.05) is 30.3 Å². The van der Waals surface area contributed by atoms with Crippen LogP contribution < -0.4 is 5.73 Å². The van der Waals surface area contributed by atoms with E-state index in [0.29, 0.717) is 0 Å². The number of aromatic nitrogens is 1. The highest BCUT2D eigenvalue weighted by Gasteiger charge is 2.08. The molecule has 0 fully saturated rings. The van der Waals surface area contributed by atoms with Crippen LogP contribution in [0.1, 0.15) is 21.5 Å². The molecule has 0 aliphatic heterocycles. The van der Waals surface area contributed by atoms with Gasteiger partial charge in [0.1, 0.15) is 5.75 Å². The van der Waals surface area contributed by atoms with Crippen molar-refractivity contribution in [1.29, 1.82) is 0 Å². The third kappa shape index (κ3) is 2.76. The molecule has 4 heteroatoms. The number of primary amides is 1. The maximum absolute atomic E-state index is 11.1. The zero-order valence-electron chi connectivity index (χ0n) is 12.0. The zero-order chi connectivity index (χ0) is 15.5. The van der Waals surface area contributed by atoms with Crippen LogP contribution in [0.2, 0.25) is 0 Å². The molecule has 1 amide bonds. The summed E-state index contributed by atoms with van der Waals surface area (Å²) in [6.07, 6.45) is 3.35. The predicted molar refractivity (Wildman–Crippen MR) is 85.8 cm³/mol. The van der Waals surface area contributed by atoms with Crippen LogP contribution in [0.3, 0.4) is 0 Å². The molecule has 22 heavy (non-hydrogen) atoms. The fourth-order valence-corrected chi connectivity index (χ4v) is 2.59. The van der Waals surface area contributed by atoms with E-state index in [0.717, 1.165) is 34.9 Å². The zero-order valence-corrected chi connectivity index (χ0v) is 12.0. The fourth-order valence-electron chi connectivity index (χ4n) is 2.59. The van der Waals surface area contributed by atoms with Gasteiger partial charge < -0.3 is 10.8 Å². The Balaban J connectivity index is 1.82. The second-order valence-electron chi connectivity index (χ2n) is 5.21. The number of carbonyl (C=O) groups is 1. The summed E-state index contributed by atoms with van der Waals surface area (Å²) < 4.78 is 0. The van der Waals surface area contributed by atoms with E-state index in [9.17, 15) is 9.90 Å². The van der Waals surface area contributed by atoms with E-state index >= 15 is 0 Å². The lowest BCUT2D eigenvalue weighted by Crippen LogP contribution is -2.11. The van der Waals surface area contributed by atoms with Gasteiger partial charge in [-0.1, -0.05) is 30.3 Å². The molecule has 4 nitrogen and oxygen atoms in total. The molecule has 1 aromatic heterocycles. The highest BCUT2D eigenvalue weighted by molar-refractivity contribution is 5.95. The third-order valence-corrected chi connectivity index (χ3v) is 3.73. The molecule has 0 spiro atoms. The molecule has 0 aliphatic rings. The van der Waals surface area contributed by atoms with Crippen molar-refractivity contribution >= 4 is 16.8 Å². The van der Waals surface area contributed by atoms with Gasteiger partial charge in [-0.2, -0.15) is 0 Å². The minimum atomic E-state index is -0.623. The number of benzene rings is 2. The molecule has 0 unspecified atom stereocenters. The van der Waals surface area contributed by atoms with Gasteiger partial charge in [0.25, 0.3) is 5.91 Å². The topological polar surface area (TPSA) is 76.2 Å². The number of nitrogens with two attached hydrogens (primary N) is 1. The van der Waals surface area contributed by atoms with E-state index in [2.05, 4.69) is 11.1 Å². The minimum Gasteiger partial charge on any atom is -0.507 e. The number of para-hydroxylation sites is 1. The van der Waals surface area contributed by atoms with Crippen LogP contribution in [0, 0.1) is 0 Å². The van der Waals surface area contributed by atoms with Crippen molar-refractivity contribution in [3.05, 3.63) is 71.4 Å². The van der Waals surface area contributed by atoms with Crippen LogP contribution in [0.25, 0.3) is 10.9 Å². The van der Waals surface area contributed by atoms with Crippen LogP contribution in [0.15, 0.2) is 54.7 Å². The number of hydrogen-bond acceptors (Lipinski definition) is 3. The summed E-state index contributed by atoms with van der Waals surface area (Å²) in [5.74, 6) is -0.691. The van der Waals surface area contributed by atoms with E-state index < -0.39 is 5.91 Å². The highest BCUT2D eigenvalue weighted by Crippen LogP contribution is 2.21. The maximum atomic E-state index is 11.1. The quantitative estimate of drug-likeness (QED) is 0.776. The molecule has 1 heterocycles. The first-order valence-electron chi connectivity index (χ1n) is 7.09. The largest absolute Gasteiger partial charge is 0.507 e. The SMILES string of the molecule is NC(=O)c1ccc(CCc2cccc3cccnc23)cc1O. The van der Waals surface area contributed by atoms with E-state index in [1.54, 1.807) is 18.3 Å². The Bertz CT molecular complexity index is 838. The lowest BCUT2D eigenvalue weighted by molar-refractivity contribution is 0.0998. The molecule has 0 atom stereocenters. The van der Waals surface area contributed by atoms with Crippen LogP contribution in [-0.4, -0.2) is 16.0 Å². The average molecular weight is 292 g/mol. The second-order valence-corrected chi connectivity index (χ2v) is 5.21. The van der Waals surface area contributed by atoms with Crippen molar-refractivity contribution in [3.63, 3.8) is 0 Å². The van der Waals surface area contributed by atoms with Crippen molar-refractivity contribution in [2.45, 2.75) is 12.8 Å². The molecule has 2 aromatic carbocycles. The molecule has 3 N–H and O–H groups in total. The number of hydrogen-bond donors (Lipinski definition) is 2. The first-order chi connectivity index (χ1) is 10.6. The highest BCUT2D eigenvalue weighted by atomic mass is 16.3. The molecule has 0 saturated carbocycles. The summed E-state index contributed by atoms with van der Waals surface area (Å²) in [5, 5.41) is 10.9. The van der Waals surface area contributed by atoms with Crippen LogP contribution in [-0.2, 0) is 12.8 Å². The Hall–Kier alpha value is -2.88. The molecule has 0 radical (unpaired) electrons. The second kappa shape index (κ2) is 5.85. The number of fused-ring (bicyclic) bond motifs is 1. The molecular weight excluding hydrogens is 276 g/mol. The van der Waals surface area contributed by atoms with E-state index in [-0.39, 0.29) is 11.3 Å². The number of pyridine rings is 1. The number of nitrogens with zero attached hydrogens (tertiary/aromatic N) is 1. The first kappa shape index (κ1) is 14.1. The van der Waals surface area contributed by atoms with Crippen molar-refractivity contribution in [1.82, 2.24) is 4.98 Å². The minimum absolute atomic E-state index is 0.0685. The van der Waals surface area contributed by atoms with Gasteiger partial charge in [0, 0.05) is 11.6 Å². The number of phenols is 1. The van der Waals surface area contributed by atoms with Crippen LogP contribution in [0.4, 0.5) is 0 Å². The van der Waals surface area contributed by atoms with Gasteiger partial charge in [0.05, 0.1) is 11.1 Å². The van der Waals surface area contributed by atoms with Gasteiger partial charge in [-0.25, -0.2) is 0 Å². The van der Waals surface area contributed by atoms with E-state index in [4.69, 9.17) is 5.73 Å². The van der Waals surface area contributed by atoms with Gasteiger partial charge in [-0.15, -0.1) is 0 Å². The number of aromatic hydroxyl groups is 1. The lowest BCUT2D eigenvalue weighted by Gasteiger charge is -2.07. The van der Waals surface area contributed by atoms with Crippen LogP contribution in [0.5, 0.6) is 5.75 Å². The number of rotatable bonds is 4. The Labute approximate surface area is 128 Å². The van der Waals surface area contributed by atoms with Crippen molar-refractivity contribution in [2.24, 2.45) is 5.73 Å². The molecule has 3 aromatic rings. The molecule has 0 saturated heterocycles. The van der Waals surface area contributed by atoms with Crippen molar-refractivity contribution in [2.75, 3.05) is 0 Å². The molecule has 3 rings (SSSR count). The Morgan fingerprint density at radius 1 is 1.09 bits per heavy atom. The Morgan fingerprint density at radius 2 is 1.91 bits per heavy atom. The number of carbonyl (C=O) groups excluding carboxylic acids is 1. The normalized spacial score (nSPS) is 10.7. The summed E-state index contributed by atoms with van der Waals surface area (Å²) in [6, 6.07) is 15.1. The molecular formula is C18H16N2O2. The summed E-state index contributed by atoms with van der Waals surface area (Å²) >= 11 is 0.